The summed E-state index contributed by atoms with van der Waals surface area (Å²) in [6.45, 7) is 1.70. The van der Waals surface area contributed by atoms with E-state index in [1.807, 2.05) is 0 Å². The monoisotopic (exact) mass is 490 g/mol. The van der Waals surface area contributed by atoms with E-state index in [2.05, 4.69) is 0 Å². The first-order valence-corrected chi connectivity index (χ1v) is 10.5. The van der Waals surface area contributed by atoms with Gasteiger partial charge in [-0.05, 0) is 13.8 Å². The standard InChI is InChI=1S/C21H30O13/c1-7-9(4-10(30-3)13(8(2)23)14(7)24)32-21-19(29)17(27)16(26)12(34-21)6-31-20-18(28)15(25)11(5-22)33-20/h4,11-12,15-22,24-29H,5-6H2,1-3H3. The van der Waals surface area contributed by atoms with E-state index in [0.717, 1.165) is 0 Å². The van der Waals surface area contributed by atoms with Crippen molar-refractivity contribution in [1.82, 2.24) is 0 Å². The van der Waals surface area contributed by atoms with E-state index in [4.69, 9.17) is 28.8 Å². The fourth-order valence-corrected chi connectivity index (χ4v) is 3.81. The molecule has 34 heavy (non-hydrogen) atoms. The Morgan fingerprint density at radius 2 is 1.53 bits per heavy atom. The topological polar surface area (TPSA) is 205 Å². The lowest BCUT2D eigenvalue weighted by molar-refractivity contribution is -0.290. The second kappa shape index (κ2) is 10.7. The van der Waals surface area contributed by atoms with E-state index in [1.165, 1.54) is 27.0 Å². The lowest BCUT2D eigenvalue weighted by atomic mass is 9.99. The molecule has 0 bridgehead atoms. The van der Waals surface area contributed by atoms with Crippen LogP contribution in [0.5, 0.6) is 17.2 Å². The van der Waals surface area contributed by atoms with Gasteiger partial charge in [-0.1, -0.05) is 0 Å². The summed E-state index contributed by atoms with van der Waals surface area (Å²) in [6.07, 6.45) is -13.1. The van der Waals surface area contributed by atoms with Crippen LogP contribution < -0.4 is 9.47 Å². The maximum atomic E-state index is 11.9. The van der Waals surface area contributed by atoms with Crippen LogP contribution in [0.4, 0.5) is 0 Å². The summed E-state index contributed by atoms with van der Waals surface area (Å²) in [4.78, 5) is 11.9. The fraction of sp³-hybridized carbons (Fsp3) is 0.667. The summed E-state index contributed by atoms with van der Waals surface area (Å²) in [5.74, 6) is -0.841. The van der Waals surface area contributed by atoms with Crippen LogP contribution in [0.25, 0.3) is 0 Å². The highest BCUT2D eigenvalue weighted by Gasteiger charge is 2.47. The Kier molecular flexibility index (Phi) is 8.34. The van der Waals surface area contributed by atoms with Gasteiger partial charge in [0.1, 0.15) is 65.5 Å². The molecule has 2 fully saturated rings. The van der Waals surface area contributed by atoms with Gasteiger partial charge < -0.3 is 59.4 Å². The number of hydrogen-bond donors (Lipinski definition) is 7. The van der Waals surface area contributed by atoms with Crippen LogP contribution in [0.1, 0.15) is 22.8 Å². The first-order chi connectivity index (χ1) is 16.0. The van der Waals surface area contributed by atoms with E-state index in [9.17, 15) is 35.4 Å². The van der Waals surface area contributed by atoms with E-state index in [-0.39, 0.29) is 22.6 Å². The van der Waals surface area contributed by atoms with Crippen LogP contribution in [0.3, 0.4) is 0 Å². The zero-order chi connectivity index (χ0) is 25.3. The molecule has 13 heteroatoms. The SMILES string of the molecule is COc1cc(OC2OC(COC3OC(CO)C(O)C3O)C(O)C(O)C2O)c(C)c(O)c1C(C)=O. The molecule has 1 aromatic carbocycles. The molecule has 3 rings (SSSR count). The Morgan fingerprint density at radius 1 is 0.941 bits per heavy atom. The van der Waals surface area contributed by atoms with E-state index in [1.54, 1.807) is 0 Å². The Hall–Kier alpha value is -2.07. The summed E-state index contributed by atoms with van der Waals surface area (Å²) in [5.41, 5.74) is 0.0828. The molecule has 0 radical (unpaired) electrons. The number of aromatic hydroxyl groups is 1. The van der Waals surface area contributed by atoms with Gasteiger partial charge in [-0.2, -0.15) is 0 Å². The van der Waals surface area contributed by atoms with Crippen molar-refractivity contribution in [2.75, 3.05) is 20.3 Å². The van der Waals surface area contributed by atoms with Crippen LogP contribution >= 0.6 is 0 Å². The molecule has 1 aromatic rings. The molecule has 0 aliphatic carbocycles. The zero-order valence-corrected chi connectivity index (χ0v) is 18.8. The third-order valence-corrected chi connectivity index (χ3v) is 5.88. The number of ether oxygens (including phenoxy) is 5. The van der Waals surface area contributed by atoms with Gasteiger partial charge in [0.25, 0.3) is 0 Å². The van der Waals surface area contributed by atoms with Crippen LogP contribution in [-0.2, 0) is 14.2 Å². The highest BCUT2D eigenvalue weighted by atomic mass is 16.7. The molecule has 2 heterocycles. The number of ketones is 1. The molecule has 2 aliphatic heterocycles. The highest BCUT2D eigenvalue weighted by Crippen LogP contribution is 2.39. The number of phenolic OH excluding ortho intramolecular Hbond substituents is 1. The Balaban J connectivity index is 1.76. The minimum absolute atomic E-state index is 0.0146. The normalized spacial score (nSPS) is 35.9. The molecule has 0 amide bonds. The number of benzene rings is 1. The van der Waals surface area contributed by atoms with Gasteiger partial charge in [0.15, 0.2) is 12.1 Å². The number of hydrogen-bond acceptors (Lipinski definition) is 13. The maximum absolute atomic E-state index is 11.9. The average molecular weight is 490 g/mol. The molecule has 0 spiro atoms. The number of rotatable bonds is 8. The lowest BCUT2D eigenvalue weighted by Crippen LogP contribution is -2.60. The van der Waals surface area contributed by atoms with E-state index in [0.29, 0.717) is 0 Å². The smallest absolute Gasteiger partial charge is 0.229 e. The summed E-state index contributed by atoms with van der Waals surface area (Å²) < 4.78 is 26.9. The molecular weight excluding hydrogens is 460 g/mol. The predicted octanol–water partition coefficient (Wildman–Crippen LogP) is -2.45. The van der Waals surface area contributed by atoms with Crippen molar-refractivity contribution in [3.8, 4) is 17.2 Å². The van der Waals surface area contributed by atoms with Crippen LogP contribution in [0.2, 0.25) is 0 Å². The number of aliphatic hydroxyl groups is 6. The largest absolute Gasteiger partial charge is 0.507 e. The van der Waals surface area contributed by atoms with Crippen LogP contribution in [-0.4, -0.2) is 117 Å². The average Bonchev–Trinajstić information content (AvgIpc) is 3.08. The number of Topliss-reactive ketones (excluding diaryl/α,β-unsaturated/α-hetero) is 1. The number of phenols is 1. The minimum Gasteiger partial charge on any atom is -0.507 e. The van der Waals surface area contributed by atoms with Gasteiger partial charge in [-0.25, -0.2) is 0 Å². The lowest BCUT2D eigenvalue weighted by Gasteiger charge is -2.40. The van der Waals surface area contributed by atoms with Gasteiger partial charge in [-0.15, -0.1) is 0 Å². The van der Waals surface area contributed by atoms with E-state index < -0.39 is 80.1 Å². The number of aliphatic hydroxyl groups excluding tert-OH is 6. The van der Waals surface area contributed by atoms with Crippen molar-refractivity contribution in [3.63, 3.8) is 0 Å². The Morgan fingerprint density at radius 3 is 2.09 bits per heavy atom. The first-order valence-electron chi connectivity index (χ1n) is 10.5. The van der Waals surface area contributed by atoms with Gasteiger partial charge in [-0.3, -0.25) is 4.79 Å². The summed E-state index contributed by atoms with van der Waals surface area (Å²) in [5, 5.41) is 70.3. The van der Waals surface area contributed by atoms with Gasteiger partial charge in [0, 0.05) is 11.6 Å². The fourth-order valence-electron chi connectivity index (χ4n) is 3.81. The van der Waals surface area contributed by atoms with Crippen molar-refractivity contribution in [2.24, 2.45) is 0 Å². The molecule has 9 unspecified atom stereocenters. The van der Waals surface area contributed by atoms with Crippen molar-refractivity contribution in [3.05, 3.63) is 17.2 Å². The molecule has 13 nitrogen and oxygen atoms in total. The predicted molar refractivity (Wildman–Crippen MR) is 110 cm³/mol. The molecule has 0 saturated carbocycles. The Labute approximate surface area is 194 Å². The van der Waals surface area contributed by atoms with Gasteiger partial charge >= 0.3 is 0 Å². The summed E-state index contributed by atoms with van der Waals surface area (Å²) in [7, 11) is 1.29. The third-order valence-electron chi connectivity index (χ3n) is 5.88. The first kappa shape index (κ1) is 26.5. The molecule has 7 N–H and O–H groups in total. The zero-order valence-electron chi connectivity index (χ0n) is 18.8. The van der Waals surface area contributed by atoms with Crippen molar-refractivity contribution in [2.45, 2.75) is 69.2 Å². The van der Waals surface area contributed by atoms with E-state index >= 15 is 0 Å². The second-order valence-corrected chi connectivity index (χ2v) is 8.15. The summed E-state index contributed by atoms with van der Waals surface area (Å²) >= 11 is 0. The maximum Gasteiger partial charge on any atom is 0.229 e. The third kappa shape index (κ3) is 4.98. The molecule has 2 saturated heterocycles. The van der Waals surface area contributed by atoms with Crippen LogP contribution in [0, 0.1) is 6.92 Å². The number of methoxy groups -OCH3 is 1. The van der Waals surface area contributed by atoms with Crippen molar-refractivity contribution in [1.29, 1.82) is 0 Å². The minimum atomic E-state index is -1.72. The number of carbonyl (C=O) groups is 1. The molecule has 0 aromatic heterocycles. The van der Waals surface area contributed by atoms with Crippen molar-refractivity contribution >= 4 is 5.78 Å². The molecule has 192 valence electrons. The molecule has 2 aliphatic rings. The molecular formula is C21H30O13. The molecule has 9 atom stereocenters. The van der Waals surface area contributed by atoms with Gasteiger partial charge in [0.05, 0.1) is 20.3 Å². The second-order valence-electron chi connectivity index (χ2n) is 8.15. The van der Waals surface area contributed by atoms with Crippen molar-refractivity contribution < 1.29 is 64.2 Å². The van der Waals surface area contributed by atoms with Gasteiger partial charge in [0.2, 0.25) is 6.29 Å². The highest BCUT2D eigenvalue weighted by molar-refractivity contribution is 6.00. The summed E-state index contributed by atoms with van der Waals surface area (Å²) in [6, 6.07) is 1.31. The van der Waals surface area contributed by atoms with Crippen LogP contribution in [0.15, 0.2) is 6.07 Å². The quantitative estimate of drug-likeness (QED) is 0.189. The number of carbonyl (C=O) groups excluding carboxylic acids is 1. The Bertz CT molecular complexity index is 877.